The fraction of sp³-hybridized carbons (Fsp3) is 0.438. The number of ether oxygens (including phenoxy) is 1. The predicted molar refractivity (Wildman–Crippen MR) is 165 cm³/mol. The summed E-state index contributed by atoms with van der Waals surface area (Å²) in [5.74, 6) is -0.0131. The van der Waals surface area contributed by atoms with Gasteiger partial charge in [-0.1, -0.05) is 23.5 Å². The van der Waals surface area contributed by atoms with E-state index in [4.69, 9.17) is 9.15 Å². The number of amides is 1. The maximum atomic E-state index is 14.6. The van der Waals surface area contributed by atoms with Gasteiger partial charge in [0.25, 0.3) is 5.91 Å². The molecular formula is C32H37FN4O6S. The third kappa shape index (κ3) is 6.59. The summed E-state index contributed by atoms with van der Waals surface area (Å²) in [5, 5.41) is 23.9. The number of halogens is 1. The summed E-state index contributed by atoms with van der Waals surface area (Å²) in [4.78, 5) is 31.2. The second-order valence-electron chi connectivity index (χ2n) is 11.8. The summed E-state index contributed by atoms with van der Waals surface area (Å²) >= 11 is 0.951. The molecule has 10 nitrogen and oxygen atoms in total. The summed E-state index contributed by atoms with van der Waals surface area (Å²) in [6.45, 7) is 6.41. The highest BCUT2D eigenvalue weighted by molar-refractivity contribution is 7.16. The number of hydrogen-bond donors (Lipinski definition) is 4. The minimum Gasteiger partial charge on any atom is -0.506 e. The van der Waals surface area contributed by atoms with Crippen LogP contribution in [0.3, 0.4) is 0 Å². The number of carbonyl (C=O) groups is 1. The molecule has 6 rings (SSSR count). The lowest BCUT2D eigenvalue weighted by molar-refractivity contribution is -0.128. The molecule has 0 saturated carbocycles. The van der Waals surface area contributed by atoms with E-state index in [0.29, 0.717) is 60.7 Å². The number of piperidine rings is 1. The van der Waals surface area contributed by atoms with Gasteiger partial charge in [-0.05, 0) is 68.1 Å². The van der Waals surface area contributed by atoms with Crippen molar-refractivity contribution < 1.29 is 28.6 Å². The Morgan fingerprint density at radius 1 is 1.18 bits per heavy atom. The molecule has 0 aliphatic carbocycles. The molecule has 2 aromatic carbocycles. The van der Waals surface area contributed by atoms with E-state index in [1.807, 2.05) is 17.9 Å². The van der Waals surface area contributed by atoms with Crippen LogP contribution in [0.25, 0.3) is 10.2 Å². The van der Waals surface area contributed by atoms with Crippen LogP contribution in [0.2, 0.25) is 0 Å². The molecular weight excluding hydrogens is 587 g/mol. The zero-order chi connectivity index (χ0) is 30.8. The molecule has 4 aromatic rings. The number of rotatable bonds is 9. The standard InChI is InChI=1S/C32H37FN4O6S/c1-20-5-12-42-28(20)30(40)37-11-13-43-32(19-37)6-9-36(10-7-32)18-22-14-21(15-23(33)16-22)4-8-34-17-26(39)24-2-3-25(38)27-29(24)44-31(41)35-27/h2-3,5,12,14-16,26,34,38-39H,4,6-11,13,17-19H2,1H3,(H,35,41). The maximum absolute atomic E-state index is 14.6. The van der Waals surface area contributed by atoms with E-state index in [0.717, 1.165) is 54.0 Å². The first-order valence-electron chi connectivity index (χ1n) is 14.9. The van der Waals surface area contributed by atoms with Crippen molar-refractivity contribution in [1.82, 2.24) is 20.1 Å². The number of aromatic amines is 1. The van der Waals surface area contributed by atoms with Crippen molar-refractivity contribution in [2.24, 2.45) is 0 Å². The van der Waals surface area contributed by atoms with Gasteiger partial charge in [0.1, 0.15) is 17.1 Å². The van der Waals surface area contributed by atoms with Crippen molar-refractivity contribution in [2.45, 2.75) is 44.4 Å². The van der Waals surface area contributed by atoms with E-state index < -0.39 is 6.10 Å². The normalized spacial score (nSPS) is 17.8. The number of benzene rings is 2. The second-order valence-corrected chi connectivity index (χ2v) is 12.8. The van der Waals surface area contributed by atoms with E-state index in [1.54, 1.807) is 24.5 Å². The monoisotopic (exact) mass is 624 g/mol. The second kappa shape index (κ2) is 12.8. The molecule has 2 saturated heterocycles. The van der Waals surface area contributed by atoms with Crippen LogP contribution in [0, 0.1) is 12.7 Å². The van der Waals surface area contributed by atoms with Crippen molar-refractivity contribution in [3.05, 3.63) is 86.2 Å². The number of nitrogens with zero attached hydrogens (tertiary/aromatic N) is 2. The van der Waals surface area contributed by atoms with Crippen LogP contribution in [0.4, 0.5) is 4.39 Å². The molecule has 2 aliphatic heterocycles. The molecule has 4 heterocycles. The number of carbonyl (C=O) groups excluding carboxylic acids is 1. The van der Waals surface area contributed by atoms with Crippen molar-refractivity contribution in [2.75, 3.05) is 45.9 Å². The number of phenolic OH excluding ortho intramolecular Hbond substituents is 1. The number of aromatic nitrogens is 1. The number of nitrogens with one attached hydrogen (secondary N) is 2. The van der Waals surface area contributed by atoms with Crippen LogP contribution < -0.4 is 10.2 Å². The third-order valence-corrected chi connectivity index (χ3v) is 9.59. The first-order valence-corrected chi connectivity index (χ1v) is 15.7. The average molecular weight is 625 g/mol. The smallest absolute Gasteiger partial charge is 0.305 e. The Kier molecular flexibility index (Phi) is 8.88. The minimum atomic E-state index is -0.873. The fourth-order valence-electron chi connectivity index (χ4n) is 6.27. The molecule has 12 heteroatoms. The molecule has 1 spiro atoms. The van der Waals surface area contributed by atoms with Gasteiger partial charge >= 0.3 is 4.87 Å². The molecule has 234 valence electrons. The SMILES string of the molecule is Cc1ccoc1C(=O)N1CCOC2(CCN(Cc3cc(F)cc(CCNCC(O)c4ccc(O)c5[nH]c(=O)sc45)c3)CC2)C1. The number of thiazole rings is 1. The van der Waals surface area contributed by atoms with E-state index in [-0.39, 0.29) is 34.5 Å². The fourth-order valence-corrected chi connectivity index (χ4v) is 7.19. The van der Waals surface area contributed by atoms with E-state index >= 15 is 0 Å². The van der Waals surface area contributed by atoms with E-state index in [1.165, 1.54) is 12.1 Å². The lowest BCUT2D eigenvalue weighted by Crippen LogP contribution is -2.57. The van der Waals surface area contributed by atoms with Crippen LogP contribution in [-0.4, -0.2) is 82.4 Å². The summed E-state index contributed by atoms with van der Waals surface area (Å²) in [7, 11) is 0. The zero-order valence-electron chi connectivity index (χ0n) is 24.6. The third-order valence-electron chi connectivity index (χ3n) is 8.66. The summed E-state index contributed by atoms with van der Waals surface area (Å²) in [6, 6.07) is 10.0. The molecule has 0 radical (unpaired) electrons. The van der Waals surface area contributed by atoms with Crippen LogP contribution in [0.5, 0.6) is 5.75 Å². The zero-order valence-corrected chi connectivity index (χ0v) is 25.4. The molecule has 2 fully saturated rings. The number of hydrogen-bond acceptors (Lipinski definition) is 9. The molecule has 44 heavy (non-hydrogen) atoms. The van der Waals surface area contributed by atoms with Gasteiger partial charge in [-0.2, -0.15) is 0 Å². The van der Waals surface area contributed by atoms with Gasteiger partial charge in [-0.25, -0.2) is 4.39 Å². The van der Waals surface area contributed by atoms with Gasteiger partial charge in [-0.15, -0.1) is 0 Å². The summed E-state index contributed by atoms with van der Waals surface area (Å²) in [5.41, 5.74) is 3.12. The number of aliphatic hydroxyl groups excluding tert-OH is 1. The Morgan fingerprint density at radius 3 is 2.75 bits per heavy atom. The highest BCUT2D eigenvalue weighted by Gasteiger charge is 2.41. The van der Waals surface area contributed by atoms with Crippen LogP contribution in [-0.2, 0) is 17.7 Å². The average Bonchev–Trinajstić information content (AvgIpc) is 3.61. The first-order chi connectivity index (χ1) is 21.2. The number of aromatic hydroxyl groups is 1. The van der Waals surface area contributed by atoms with Crippen LogP contribution >= 0.6 is 11.3 Å². The van der Waals surface area contributed by atoms with Crippen LogP contribution in [0.1, 0.15) is 51.8 Å². The Balaban J connectivity index is 0.995. The van der Waals surface area contributed by atoms with Crippen molar-refractivity contribution in [3.63, 3.8) is 0 Å². The molecule has 2 aromatic heterocycles. The summed E-state index contributed by atoms with van der Waals surface area (Å²) < 4.78 is 26.8. The van der Waals surface area contributed by atoms with Crippen molar-refractivity contribution in [1.29, 1.82) is 0 Å². The number of morpholine rings is 1. The topological polar surface area (TPSA) is 131 Å². The van der Waals surface area contributed by atoms with Gasteiger partial charge in [0.15, 0.2) is 5.76 Å². The Morgan fingerprint density at radius 2 is 1.98 bits per heavy atom. The number of furan rings is 1. The Bertz CT molecular complexity index is 1690. The van der Waals surface area contributed by atoms with E-state index in [9.17, 15) is 24.2 Å². The predicted octanol–water partition coefficient (Wildman–Crippen LogP) is 3.71. The molecule has 4 N–H and O–H groups in total. The van der Waals surface area contributed by atoms with Gasteiger partial charge in [0, 0.05) is 43.9 Å². The van der Waals surface area contributed by atoms with Gasteiger partial charge in [0.05, 0.1) is 35.8 Å². The number of aliphatic hydroxyl groups is 1. The van der Waals surface area contributed by atoms with E-state index in [2.05, 4.69) is 15.2 Å². The lowest BCUT2D eigenvalue weighted by Gasteiger charge is -2.47. The first kappa shape index (κ1) is 30.5. The lowest BCUT2D eigenvalue weighted by atomic mass is 9.89. The molecule has 1 amide bonds. The number of fused-ring (bicyclic) bond motifs is 1. The Labute approximate surface area is 258 Å². The van der Waals surface area contributed by atoms with Crippen molar-refractivity contribution in [3.8, 4) is 5.75 Å². The number of H-pyrrole nitrogens is 1. The maximum Gasteiger partial charge on any atom is 0.305 e. The van der Waals surface area contributed by atoms with Gasteiger partial charge in [0.2, 0.25) is 0 Å². The molecule has 1 atom stereocenters. The highest BCUT2D eigenvalue weighted by Crippen LogP contribution is 2.33. The minimum absolute atomic E-state index is 0.0325. The molecule has 0 bridgehead atoms. The Hall–Kier alpha value is -3.55. The number of likely N-dealkylation sites (tertiary alicyclic amines) is 1. The number of aryl methyl sites for hydroxylation is 1. The van der Waals surface area contributed by atoms with Gasteiger partial charge in [-0.3, -0.25) is 14.5 Å². The van der Waals surface area contributed by atoms with Gasteiger partial charge < -0.3 is 34.6 Å². The summed E-state index contributed by atoms with van der Waals surface area (Å²) in [6.07, 6.45) is 2.82. The van der Waals surface area contributed by atoms with Crippen LogP contribution in [0.15, 0.2) is 51.9 Å². The van der Waals surface area contributed by atoms with Crippen molar-refractivity contribution >= 4 is 27.5 Å². The highest BCUT2D eigenvalue weighted by atomic mass is 32.1. The molecule has 2 aliphatic rings. The largest absolute Gasteiger partial charge is 0.506 e. The number of phenols is 1. The quantitative estimate of drug-likeness (QED) is 0.208. The molecule has 1 unspecified atom stereocenters.